The molecule has 2 aliphatic rings. The molecule has 1 saturated heterocycles. The predicted octanol–water partition coefficient (Wildman–Crippen LogP) is 2.80. The number of anilines is 1. The zero-order valence-electron chi connectivity index (χ0n) is 15.4. The highest BCUT2D eigenvalue weighted by atomic mass is 16.5. The van der Waals surface area contributed by atoms with Gasteiger partial charge in [-0.25, -0.2) is 0 Å². The topological polar surface area (TPSA) is 88.1 Å². The monoisotopic (exact) mass is 382 g/mol. The third kappa shape index (κ3) is 3.60. The number of benzene rings is 2. The van der Waals surface area contributed by atoms with E-state index in [9.17, 15) is 14.7 Å². The van der Waals surface area contributed by atoms with E-state index in [2.05, 4.69) is 5.32 Å². The molecule has 146 valence electrons. The van der Waals surface area contributed by atoms with Gasteiger partial charge in [-0.2, -0.15) is 0 Å². The predicted molar refractivity (Wildman–Crippen MR) is 103 cm³/mol. The van der Waals surface area contributed by atoms with E-state index in [0.29, 0.717) is 43.4 Å². The van der Waals surface area contributed by atoms with E-state index >= 15 is 0 Å². The summed E-state index contributed by atoms with van der Waals surface area (Å²) in [7, 11) is 0. The van der Waals surface area contributed by atoms with E-state index in [1.165, 1.54) is 11.0 Å². The number of rotatable bonds is 3. The highest BCUT2D eigenvalue weighted by Crippen LogP contribution is 2.33. The number of hydrogen-bond acceptors (Lipinski definition) is 5. The minimum Gasteiger partial charge on any atom is -0.507 e. The summed E-state index contributed by atoms with van der Waals surface area (Å²) in [6.07, 6.45) is 2.12. The second kappa shape index (κ2) is 7.80. The maximum Gasteiger partial charge on any atom is 0.258 e. The number of ether oxygens (including phenoxy) is 2. The summed E-state index contributed by atoms with van der Waals surface area (Å²) in [5, 5.41) is 12.8. The molecular weight excluding hydrogens is 360 g/mol. The van der Waals surface area contributed by atoms with E-state index in [-0.39, 0.29) is 23.1 Å². The molecule has 0 aliphatic carbocycles. The Bertz CT molecular complexity index is 898. The Balaban J connectivity index is 1.49. The molecule has 2 aliphatic heterocycles. The average Bonchev–Trinajstić information content (AvgIpc) is 3.07. The van der Waals surface area contributed by atoms with Crippen LogP contribution in [0.15, 0.2) is 42.5 Å². The summed E-state index contributed by atoms with van der Waals surface area (Å²) in [6.45, 7) is 1.65. The molecule has 2 aromatic carbocycles. The van der Waals surface area contributed by atoms with Crippen molar-refractivity contribution in [1.29, 1.82) is 0 Å². The molecule has 7 nitrogen and oxygen atoms in total. The summed E-state index contributed by atoms with van der Waals surface area (Å²) in [5.74, 6) is 0.586. The van der Waals surface area contributed by atoms with E-state index in [4.69, 9.17) is 9.47 Å². The van der Waals surface area contributed by atoms with Crippen LogP contribution in [-0.4, -0.2) is 47.6 Å². The van der Waals surface area contributed by atoms with Crippen molar-refractivity contribution in [2.45, 2.75) is 25.3 Å². The van der Waals surface area contributed by atoms with Crippen LogP contribution >= 0.6 is 0 Å². The second-order valence-corrected chi connectivity index (χ2v) is 6.87. The van der Waals surface area contributed by atoms with Gasteiger partial charge in [0.15, 0.2) is 11.5 Å². The number of likely N-dealkylation sites (tertiary alicyclic amines) is 1. The van der Waals surface area contributed by atoms with Crippen LogP contribution in [0.4, 0.5) is 5.69 Å². The van der Waals surface area contributed by atoms with Crippen molar-refractivity contribution in [3.8, 4) is 17.2 Å². The first-order valence-electron chi connectivity index (χ1n) is 9.43. The van der Waals surface area contributed by atoms with E-state index in [0.717, 1.165) is 12.8 Å². The fraction of sp³-hybridized carbons (Fsp3) is 0.333. The fourth-order valence-corrected chi connectivity index (χ4v) is 3.56. The first-order valence-corrected chi connectivity index (χ1v) is 9.43. The van der Waals surface area contributed by atoms with Crippen LogP contribution in [0.3, 0.4) is 0 Å². The van der Waals surface area contributed by atoms with Gasteiger partial charge in [0.2, 0.25) is 5.91 Å². The van der Waals surface area contributed by atoms with Crippen LogP contribution in [-0.2, 0) is 4.79 Å². The number of nitrogens with one attached hydrogen (secondary N) is 1. The van der Waals surface area contributed by atoms with E-state index < -0.39 is 6.04 Å². The lowest BCUT2D eigenvalue weighted by Gasteiger charge is -2.24. The molecule has 0 saturated carbocycles. The normalized spacial score (nSPS) is 18.4. The van der Waals surface area contributed by atoms with Crippen molar-refractivity contribution in [1.82, 2.24) is 4.90 Å². The maximum atomic E-state index is 12.8. The molecule has 2 heterocycles. The summed E-state index contributed by atoms with van der Waals surface area (Å²) in [5.41, 5.74) is 0.800. The van der Waals surface area contributed by atoms with Crippen LogP contribution < -0.4 is 14.8 Å². The Labute approximate surface area is 162 Å². The molecule has 0 bridgehead atoms. The largest absolute Gasteiger partial charge is 0.507 e. The van der Waals surface area contributed by atoms with Gasteiger partial charge >= 0.3 is 0 Å². The lowest BCUT2D eigenvalue weighted by atomic mass is 10.1. The number of para-hydroxylation sites is 1. The van der Waals surface area contributed by atoms with Gasteiger partial charge in [-0.05, 0) is 37.1 Å². The molecule has 0 aromatic heterocycles. The van der Waals surface area contributed by atoms with Crippen LogP contribution in [0, 0.1) is 0 Å². The summed E-state index contributed by atoms with van der Waals surface area (Å²) >= 11 is 0. The van der Waals surface area contributed by atoms with Crippen molar-refractivity contribution < 1.29 is 24.2 Å². The highest BCUT2D eigenvalue weighted by molar-refractivity contribution is 6.02. The smallest absolute Gasteiger partial charge is 0.258 e. The molecule has 0 unspecified atom stereocenters. The third-order valence-electron chi connectivity index (χ3n) is 4.97. The summed E-state index contributed by atoms with van der Waals surface area (Å²) < 4.78 is 11.3. The maximum absolute atomic E-state index is 12.8. The van der Waals surface area contributed by atoms with Gasteiger partial charge in [-0.1, -0.05) is 12.1 Å². The molecule has 0 spiro atoms. The zero-order chi connectivity index (χ0) is 19.5. The number of phenols is 1. The number of phenolic OH excluding ortho intramolecular Hbond substituents is 1. The van der Waals surface area contributed by atoms with Crippen LogP contribution in [0.2, 0.25) is 0 Å². The van der Waals surface area contributed by atoms with Crippen molar-refractivity contribution >= 4 is 17.5 Å². The van der Waals surface area contributed by atoms with Gasteiger partial charge in [0.25, 0.3) is 5.91 Å². The molecule has 2 aromatic rings. The third-order valence-corrected chi connectivity index (χ3v) is 4.97. The molecule has 28 heavy (non-hydrogen) atoms. The number of carbonyl (C=O) groups is 2. The number of aromatic hydroxyl groups is 1. The van der Waals surface area contributed by atoms with E-state index in [1.807, 2.05) is 0 Å². The van der Waals surface area contributed by atoms with Crippen molar-refractivity contribution in [3.05, 3.63) is 48.0 Å². The number of carbonyl (C=O) groups excluding carboxylic acids is 2. The first kappa shape index (κ1) is 18.2. The van der Waals surface area contributed by atoms with Crippen molar-refractivity contribution in [2.75, 3.05) is 25.1 Å². The van der Waals surface area contributed by atoms with Crippen LogP contribution in [0.5, 0.6) is 17.2 Å². The number of fused-ring (bicyclic) bond motifs is 1. The highest BCUT2D eigenvalue weighted by Gasteiger charge is 2.35. The number of hydrogen-bond donors (Lipinski definition) is 2. The lowest BCUT2D eigenvalue weighted by molar-refractivity contribution is -0.119. The summed E-state index contributed by atoms with van der Waals surface area (Å²) in [6, 6.07) is 11.1. The molecule has 1 atom stereocenters. The number of nitrogens with zero attached hydrogens (tertiary/aromatic N) is 1. The number of amides is 2. The van der Waals surface area contributed by atoms with Gasteiger partial charge in [-0.15, -0.1) is 0 Å². The first-order chi connectivity index (χ1) is 13.6. The Morgan fingerprint density at radius 2 is 1.82 bits per heavy atom. The zero-order valence-corrected chi connectivity index (χ0v) is 15.4. The van der Waals surface area contributed by atoms with Crippen molar-refractivity contribution in [3.63, 3.8) is 0 Å². The van der Waals surface area contributed by atoms with Gasteiger partial charge in [0.05, 0.1) is 18.8 Å². The van der Waals surface area contributed by atoms with Crippen molar-refractivity contribution in [2.24, 2.45) is 0 Å². The molecule has 2 N–H and O–H groups in total. The molecule has 4 rings (SSSR count). The molecule has 2 amide bonds. The van der Waals surface area contributed by atoms with Crippen LogP contribution in [0.1, 0.15) is 29.6 Å². The van der Waals surface area contributed by atoms with Crippen LogP contribution in [0.25, 0.3) is 0 Å². The van der Waals surface area contributed by atoms with Gasteiger partial charge in [0.1, 0.15) is 11.8 Å². The standard InChI is InChI=1S/C21H22N2O5/c24-17-7-2-1-5-15(17)21(26)23-10-3-6-16(23)20(25)22-14-8-9-18-19(13-14)28-12-4-11-27-18/h1-2,5,7-9,13,16,24H,3-4,6,10-12H2,(H,22,25)/t16-/m0/s1. The molecule has 1 fully saturated rings. The SMILES string of the molecule is O=C(Nc1ccc2c(c1)OCCCO2)[C@@H]1CCCN1C(=O)c1ccccc1O. The summed E-state index contributed by atoms with van der Waals surface area (Å²) in [4.78, 5) is 27.2. The Morgan fingerprint density at radius 3 is 2.64 bits per heavy atom. The molecular formula is C21H22N2O5. The molecule has 0 radical (unpaired) electrons. The van der Waals surface area contributed by atoms with Gasteiger partial charge in [0, 0.05) is 24.7 Å². The quantitative estimate of drug-likeness (QED) is 0.852. The second-order valence-electron chi connectivity index (χ2n) is 6.87. The fourth-order valence-electron chi connectivity index (χ4n) is 3.56. The minimum absolute atomic E-state index is 0.0820. The van der Waals surface area contributed by atoms with Gasteiger partial charge < -0.3 is 24.8 Å². The van der Waals surface area contributed by atoms with E-state index in [1.54, 1.807) is 36.4 Å². The lowest BCUT2D eigenvalue weighted by Crippen LogP contribution is -2.43. The Hall–Kier alpha value is -3.22. The molecule has 7 heteroatoms. The Morgan fingerprint density at radius 1 is 1.04 bits per heavy atom. The minimum atomic E-state index is -0.580. The van der Waals surface area contributed by atoms with Gasteiger partial charge in [-0.3, -0.25) is 9.59 Å². The Kier molecular flexibility index (Phi) is 5.06. The average molecular weight is 382 g/mol.